The Balaban J connectivity index is 1.84. The van der Waals surface area contributed by atoms with Crippen LogP contribution >= 0.6 is 11.6 Å². The molecule has 0 unspecified atom stereocenters. The number of rotatable bonds is 4. The molecule has 20 heavy (non-hydrogen) atoms. The zero-order valence-electron chi connectivity index (χ0n) is 11.1. The summed E-state index contributed by atoms with van der Waals surface area (Å²) in [6.07, 6.45) is 1.81. The maximum Gasteiger partial charge on any atom is 0.238 e. The van der Waals surface area contributed by atoms with Gasteiger partial charge in [0.15, 0.2) is 0 Å². The van der Waals surface area contributed by atoms with E-state index in [9.17, 15) is 9.18 Å². The van der Waals surface area contributed by atoms with Crippen molar-refractivity contribution in [3.05, 3.63) is 29.0 Å². The minimum Gasteiger partial charge on any atom is -0.396 e. The van der Waals surface area contributed by atoms with Crippen LogP contribution < -0.4 is 5.32 Å². The molecule has 4 nitrogen and oxygen atoms in total. The zero-order chi connectivity index (χ0) is 14.5. The molecular weight excluding hydrogens is 283 g/mol. The molecule has 0 bridgehead atoms. The molecule has 1 fully saturated rings. The summed E-state index contributed by atoms with van der Waals surface area (Å²) < 4.78 is 12.9. The third-order valence-corrected chi connectivity index (χ3v) is 3.85. The van der Waals surface area contributed by atoms with E-state index in [0.717, 1.165) is 25.9 Å². The van der Waals surface area contributed by atoms with Gasteiger partial charge in [-0.3, -0.25) is 9.69 Å². The fourth-order valence-corrected chi connectivity index (χ4v) is 2.53. The summed E-state index contributed by atoms with van der Waals surface area (Å²) in [5, 5.41) is 11.9. The predicted molar refractivity (Wildman–Crippen MR) is 76.3 cm³/mol. The van der Waals surface area contributed by atoms with Crippen molar-refractivity contribution in [3.8, 4) is 0 Å². The number of nitrogens with zero attached hydrogens (tertiary/aromatic N) is 1. The van der Waals surface area contributed by atoms with Gasteiger partial charge in [-0.15, -0.1) is 0 Å². The Labute approximate surface area is 122 Å². The summed E-state index contributed by atoms with van der Waals surface area (Å²) in [6.45, 7) is 2.10. The summed E-state index contributed by atoms with van der Waals surface area (Å²) in [5.74, 6) is -0.249. The second-order valence-corrected chi connectivity index (χ2v) is 5.48. The number of hydrogen-bond acceptors (Lipinski definition) is 3. The van der Waals surface area contributed by atoms with Crippen molar-refractivity contribution in [2.45, 2.75) is 12.8 Å². The molecule has 110 valence electrons. The number of nitrogens with one attached hydrogen (secondary N) is 1. The van der Waals surface area contributed by atoms with E-state index < -0.39 is 5.82 Å². The van der Waals surface area contributed by atoms with Gasteiger partial charge in [-0.25, -0.2) is 4.39 Å². The molecule has 1 heterocycles. The van der Waals surface area contributed by atoms with Crippen molar-refractivity contribution >= 4 is 23.2 Å². The van der Waals surface area contributed by atoms with Crippen LogP contribution in [0.5, 0.6) is 0 Å². The highest BCUT2D eigenvalue weighted by Crippen LogP contribution is 2.22. The maximum absolute atomic E-state index is 12.9. The summed E-state index contributed by atoms with van der Waals surface area (Å²) in [5.41, 5.74) is 0.420. The molecule has 2 rings (SSSR count). The number of carbonyl (C=O) groups excluding carboxylic acids is 1. The second kappa shape index (κ2) is 7.02. The number of amides is 1. The maximum atomic E-state index is 12.9. The Hall–Kier alpha value is -1.17. The number of piperidine rings is 1. The first-order valence-electron chi connectivity index (χ1n) is 6.66. The molecule has 0 saturated carbocycles. The first kappa shape index (κ1) is 15.2. The number of aliphatic hydroxyl groups excluding tert-OH is 1. The van der Waals surface area contributed by atoms with E-state index in [1.54, 1.807) is 0 Å². The van der Waals surface area contributed by atoms with Crippen molar-refractivity contribution in [2.24, 2.45) is 5.92 Å². The Morgan fingerprint density at radius 1 is 1.45 bits per heavy atom. The van der Waals surface area contributed by atoms with E-state index in [-0.39, 0.29) is 24.1 Å². The standard InChI is InChI=1S/C14H18ClFN2O2/c15-12-7-11(16)1-2-13(12)17-14(20)8-18-5-3-10(9-19)4-6-18/h1-2,7,10,19H,3-6,8-9H2,(H,17,20). The van der Waals surface area contributed by atoms with E-state index in [0.29, 0.717) is 11.6 Å². The Morgan fingerprint density at radius 2 is 2.15 bits per heavy atom. The molecule has 1 aromatic rings. The minimum atomic E-state index is -0.431. The quantitative estimate of drug-likeness (QED) is 0.895. The zero-order valence-corrected chi connectivity index (χ0v) is 11.9. The van der Waals surface area contributed by atoms with E-state index in [1.807, 2.05) is 4.90 Å². The van der Waals surface area contributed by atoms with E-state index in [4.69, 9.17) is 16.7 Å². The second-order valence-electron chi connectivity index (χ2n) is 5.07. The van der Waals surface area contributed by atoms with Gasteiger partial charge in [0.25, 0.3) is 0 Å². The van der Waals surface area contributed by atoms with Gasteiger partial charge >= 0.3 is 0 Å². The summed E-state index contributed by atoms with van der Waals surface area (Å²) in [7, 11) is 0. The van der Waals surface area contributed by atoms with Crippen LogP contribution in [0.4, 0.5) is 10.1 Å². The van der Waals surface area contributed by atoms with Crippen LogP contribution in [0.15, 0.2) is 18.2 Å². The van der Waals surface area contributed by atoms with Crippen LogP contribution in [0.2, 0.25) is 5.02 Å². The van der Waals surface area contributed by atoms with Crippen LogP contribution in [0.3, 0.4) is 0 Å². The van der Waals surface area contributed by atoms with Gasteiger partial charge in [-0.05, 0) is 50.0 Å². The fraction of sp³-hybridized carbons (Fsp3) is 0.500. The third kappa shape index (κ3) is 4.16. The summed E-state index contributed by atoms with van der Waals surface area (Å²) in [4.78, 5) is 14.0. The average molecular weight is 301 g/mol. The van der Waals surface area contributed by atoms with Crippen molar-refractivity contribution < 1.29 is 14.3 Å². The lowest BCUT2D eigenvalue weighted by molar-refractivity contribution is -0.117. The highest BCUT2D eigenvalue weighted by atomic mass is 35.5. The van der Waals surface area contributed by atoms with Crippen molar-refractivity contribution in [3.63, 3.8) is 0 Å². The van der Waals surface area contributed by atoms with Crippen LogP contribution in [0.25, 0.3) is 0 Å². The molecule has 0 radical (unpaired) electrons. The van der Waals surface area contributed by atoms with Gasteiger partial charge in [-0.2, -0.15) is 0 Å². The number of benzene rings is 1. The van der Waals surface area contributed by atoms with Gasteiger partial charge in [0.2, 0.25) is 5.91 Å². The van der Waals surface area contributed by atoms with Crippen LogP contribution in [0, 0.1) is 11.7 Å². The molecule has 0 aliphatic carbocycles. The molecule has 1 aliphatic rings. The van der Waals surface area contributed by atoms with Gasteiger partial charge in [0, 0.05) is 6.61 Å². The number of likely N-dealkylation sites (tertiary alicyclic amines) is 1. The van der Waals surface area contributed by atoms with Crippen molar-refractivity contribution in [2.75, 3.05) is 31.6 Å². The van der Waals surface area contributed by atoms with Gasteiger partial charge in [-0.1, -0.05) is 11.6 Å². The Morgan fingerprint density at radius 3 is 2.75 bits per heavy atom. The van der Waals surface area contributed by atoms with Crippen LogP contribution in [-0.2, 0) is 4.79 Å². The van der Waals surface area contributed by atoms with Crippen LogP contribution in [0.1, 0.15) is 12.8 Å². The largest absolute Gasteiger partial charge is 0.396 e. The summed E-state index contributed by atoms with van der Waals surface area (Å²) >= 11 is 5.86. The highest BCUT2D eigenvalue weighted by molar-refractivity contribution is 6.33. The molecular formula is C14H18ClFN2O2. The fourth-order valence-electron chi connectivity index (χ4n) is 2.31. The predicted octanol–water partition coefficient (Wildman–Crippen LogP) is 2.12. The molecule has 0 atom stereocenters. The molecule has 1 saturated heterocycles. The van der Waals surface area contributed by atoms with E-state index in [1.165, 1.54) is 18.2 Å². The normalized spacial score (nSPS) is 17.1. The number of aliphatic hydroxyl groups is 1. The average Bonchev–Trinajstić information content (AvgIpc) is 2.43. The Kier molecular flexibility index (Phi) is 5.34. The molecule has 1 aliphatic heterocycles. The smallest absolute Gasteiger partial charge is 0.238 e. The lowest BCUT2D eigenvalue weighted by atomic mass is 9.98. The van der Waals surface area contributed by atoms with Crippen molar-refractivity contribution in [1.29, 1.82) is 0 Å². The molecule has 1 amide bonds. The topological polar surface area (TPSA) is 52.6 Å². The molecule has 1 aromatic carbocycles. The van der Waals surface area contributed by atoms with Crippen LogP contribution in [-0.4, -0.2) is 42.2 Å². The monoisotopic (exact) mass is 300 g/mol. The number of hydrogen-bond donors (Lipinski definition) is 2. The van der Waals surface area contributed by atoms with Crippen molar-refractivity contribution in [1.82, 2.24) is 4.90 Å². The first-order valence-corrected chi connectivity index (χ1v) is 7.04. The number of carbonyl (C=O) groups is 1. The van der Waals surface area contributed by atoms with Gasteiger partial charge in [0.1, 0.15) is 5.82 Å². The molecule has 6 heteroatoms. The number of halogens is 2. The Bertz CT molecular complexity index is 476. The highest BCUT2D eigenvalue weighted by Gasteiger charge is 2.20. The summed E-state index contributed by atoms with van der Waals surface area (Å²) in [6, 6.07) is 3.88. The molecule has 0 aromatic heterocycles. The van der Waals surface area contributed by atoms with E-state index >= 15 is 0 Å². The molecule has 0 spiro atoms. The first-order chi connectivity index (χ1) is 9.58. The van der Waals surface area contributed by atoms with E-state index in [2.05, 4.69) is 5.32 Å². The third-order valence-electron chi connectivity index (χ3n) is 3.54. The minimum absolute atomic E-state index is 0.166. The lowest BCUT2D eigenvalue weighted by Gasteiger charge is -2.30. The molecule has 2 N–H and O–H groups in total. The van der Waals surface area contributed by atoms with Gasteiger partial charge < -0.3 is 10.4 Å². The number of anilines is 1. The SMILES string of the molecule is O=C(CN1CCC(CO)CC1)Nc1ccc(F)cc1Cl. The van der Waals surface area contributed by atoms with Gasteiger partial charge in [0.05, 0.1) is 17.3 Å². The lowest BCUT2D eigenvalue weighted by Crippen LogP contribution is -2.39.